The van der Waals surface area contributed by atoms with Crippen LogP contribution in [0.5, 0.6) is 0 Å². The van der Waals surface area contributed by atoms with Gasteiger partial charge in [-0.25, -0.2) is 0 Å². The minimum absolute atomic E-state index is 0.0748. The van der Waals surface area contributed by atoms with E-state index in [0.29, 0.717) is 24.0 Å². The second kappa shape index (κ2) is 8.17. The molecule has 5 nitrogen and oxygen atoms in total. The first-order chi connectivity index (χ1) is 14.8. The number of benzene rings is 2. The molecule has 31 heavy (non-hydrogen) atoms. The van der Waals surface area contributed by atoms with Gasteiger partial charge < -0.3 is 5.32 Å². The number of hydrogen-bond acceptors (Lipinski definition) is 3. The first kappa shape index (κ1) is 21.1. The predicted molar refractivity (Wildman–Crippen MR) is 107 cm³/mol. The van der Waals surface area contributed by atoms with Crippen molar-refractivity contribution in [1.29, 1.82) is 0 Å². The maximum Gasteiger partial charge on any atom is 0.418 e. The predicted octanol–water partition coefficient (Wildman–Crippen LogP) is 4.75. The van der Waals surface area contributed by atoms with Gasteiger partial charge in [0.15, 0.2) is 0 Å². The summed E-state index contributed by atoms with van der Waals surface area (Å²) in [4.78, 5) is 39.5. The van der Waals surface area contributed by atoms with Crippen LogP contribution in [0.1, 0.15) is 52.0 Å². The molecule has 1 aliphatic carbocycles. The zero-order valence-electron chi connectivity index (χ0n) is 16.6. The molecule has 2 aromatic carbocycles. The molecule has 1 fully saturated rings. The van der Waals surface area contributed by atoms with Crippen molar-refractivity contribution in [2.45, 2.75) is 31.9 Å². The van der Waals surface area contributed by atoms with Crippen molar-refractivity contribution in [3.8, 4) is 0 Å². The van der Waals surface area contributed by atoms with Gasteiger partial charge in [-0.15, -0.1) is 0 Å². The smallest absolute Gasteiger partial charge is 0.325 e. The molecule has 1 saturated carbocycles. The molecule has 4 rings (SSSR count). The minimum atomic E-state index is -4.59. The lowest BCUT2D eigenvalue weighted by Gasteiger charge is -2.33. The van der Waals surface area contributed by atoms with E-state index >= 15 is 0 Å². The van der Waals surface area contributed by atoms with Crippen molar-refractivity contribution >= 4 is 23.4 Å². The summed E-state index contributed by atoms with van der Waals surface area (Å²) >= 11 is 0. The van der Waals surface area contributed by atoms with Crippen LogP contribution < -0.4 is 5.32 Å². The van der Waals surface area contributed by atoms with E-state index in [4.69, 9.17) is 0 Å². The zero-order valence-corrected chi connectivity index (χ0v) is 16.6. The number of alkyl halides is 3. The van der Waals surface area contributed by atoms with Crippen LogP contribution in [0.4, 0.5) is 18.9 Å². The van der Waals surface area contributed by atoms with E-state index in [2.05, 4.69) is 5.32 Å². The molecule has 2 atom stereocenters. The molecule has 0 aromatic heterocycles. The quantitative estimate of drug-likeness (QED) is 0.712. The maximum absolute atomic E-state index is 13.3. The van der Waals surface area contributed by atoms with Gasteiger partial charge in [0.05, 0.1) is 22.4 Å². The lowest BCUT2D eigenvalue weighted by Crippen LogP contribution is -2.41. The van der Waals surface area contributed by atoms with Crippen LogP contribution >= 0.6 is 0 Å². The molecule has 2 unspecified atom stereocenters. The summed E-state index contributed by atoms with van der Waals surface area (Å²) < 4.78 is 39.8. The fourth-order valence-electron chi connectivity index (χ4n) is 4.48. The number of halogens is 3. The van der Waals surface area contributed by atoms with Gasteiger partial charge in [-0.1, -0.05) is 37.1 Å². The van der Waals surface area contributed by atoms with Crippen LogP contribution in [0.3, 0.4) is 0 Å². The van der Waals surface area contributed by atoms with E-state index in [1.165, 1.54) is 18.2 Å². The Balaban J connectivity index is 1.52. The van der Waals surface area contributed by atoms with Gasteiger partial charge in [0.1, 0.15) is 0 Å². The Morgan fingerprint density at radius 2 is 1.52 bits per heavy atom. The first-order valence-electron chi connectivity index (χ1n) is 10.2. The topological polar surface area (TPSA) is 66.5 Å². The molecule has 0 spiro atoms. The zero-order chi connectivity index (χ0) is 22.2. The van der Waals surface area contributed by atoms with Crippen molar-refractivity contribution in [1.82, 2.24) is 4.90 Å². The van der Waals surface area contributed by atoms with E-state index in [9.17, 15) is 27.6 Å². The molecule has 8 heteroatoms. The summed E-state index contributed by atoms with van der Waals surface area (Å²) in [5.41, 5.74) is -0.520. The summed E-state index contributed by atoms with van der Waals surface area (Å²) in [6, 6.07) is 11.4. The highest BCUT2D eigenvalue weighted by Crippen LogP contribution is 2.37. The monoisotopic (exact) mass is 430 g/mol. The van der Waals surface area contributed by atoms with Gasteiger partial charge in [0.25, 0.3) is 11.8 Å². The summed E-state index contributed by atoms with van der Waals surface area (Å²) in [5, 5.41) is 2.43. The van der Waals surface area contributed by atoms with Crippen LogP contribution in [0.15, 0.2) is 48.5 Å². The molecule has 1 heterocycles. The van der Waals surface area contributed by atoms with E-state index < -0.39 is 35.4 Å². The van der Waals surface area contributed by atoms with Crippen LogP contribution in [-0.4, -0.2) is 29.2 Å². The van der Waals surface area contributed by atoms with E-state index in [1.807, 2.05) is 0 Å². The largest absolute Gasteiger partial charge is 0.418 e. The standard InChI is InChI=1S/C23H21F3N2O3/c24-23(25,26)18-11-5-6-12-19(18)27-20(29)15-8-2-1-7-14(15)13-28-21(30)16-9-3-4-10-17(16)22(28)31/h3-6,9-12,14-15H,1-2,7-8,13H2,(H,27,29). The number of anilines is 1. The van der Waals surface area contributed by atoms with Crippen molar-refractivity contribution in [3.05, 3.63) is 65.2 Å². The van der Waals surface area contributed by atoms with E-state index in [1.54, 1.807) is 24.3 Å². The van der Waals surface area contributed by atoms with Gasteiger partial charge in [-0.05, 0) is 43.0 Å². The Kier molecular flexibility index (Phi) is 5.56. The Labute approximate surface area is 177 Å². The Hall–Kier alpha value is -3.16. The SMILES string of the molecule is O=C(Nc1ccccc1C(F)(F)F)C1CCCCC1CN1C(=O)c2ccccc2C1=O. The third-order valence-electron chi connectivity index (χ3n) is 6.03. The molecule has 162 valence electrons. The molecule has 0 bridgehead atoms. The molecule has 2 aromatic rings. The fraction of sp³-hybridized carbons (Fsp3) is 0.348. The maximum atomic E-state index is 13.3. The molecule has 1 N–H and O–H groups in total. The van der Waals surface area contributed by atoms with Gasteiger partial charge in [-0.2, -0.15) is 13.2 Å². The molecule has 3 amide bonds. The first-order valence-corrected chi connectivity index (χ1v) is 10.2. The number of fused-ring (bicyclic) bond motifs is 1. The lowest BCUT2D eigenvalue weighted by atomic mass is 9.78. The second-order valence-corrected chi connectivity index (χ2v) is 7.95. The average molecular weight is 430 g/mol. The minimum Gasteiger partial charge on any atom is -0.325 e. The molecular weight excluding hydrogens is 409 g/mol. The molecule has 1 aliphatic heterocycles. The van der Waals surface area contributed by atoms with Crippen molar-refractivity contribution in [2.24, 2.45) is 11.8 Å². The number of carbonyl (C=O) groups is 3. The van der Waals surface area contributed by atoms with Crippen molar-refractivity contribution in [2.75, 3.05) is 11.9 Å². The highest BCUT2D eigenvalue weighted by Gasteiger charge is 2.40. The van der Waals surface area contributed by atoms with Crippen molar-refractivity contribution in [3.63, 3.8) is 0 Å². The number of carbonyl (C=O) groups excluding carboxylic acids is 3. The number of nitrogens with one attached hydrogen (secondary N) is 1. The number of nitrogens with zero attached hydrogens (tertiary/aromatic N) is 1. The highest BCUT2D eigenvalue weighted by molar-refractivity contribution is 6.21. The van der Waals surface area contributed by atoms with Crippen LogP contribution in [0.25, 0.3) is 0 Å². The Morgan fingerprint density at radius 1 is 0.935 bits per heavy atom. The van der Waals surface area contributed by atoms with Gasteiger partial charge in [0, 0.05) is 12.5 Å². The third-order valence-corrected chi connectivity index (χ3v) is 6.03. The number of imide groups is 1. The van der Waals surface area contributed by atoms with Crippen LogP contribution in [-0.2, 0) is 11.0 Å². The van der Waals surface area contributed by atoms with Gasteiger partial charge >= 0.3 is 6.18 Å². The molecule has 0 saturated heterocycles. The number of hydrogen-bond donors (Lipinski definition) is 1. The van der Waals surface area contributed by atoms with Gasteiger partial charge in [-0.3, -0.25) is 19.3 Å². The van der Waals surface area contributed by atoms with Crippen molar-refractivity contribution < 1.29 is 27.6 Å². The normalized spacial score (nSPS) is 21.2. The summed E-state index contributed by atoms with van der Waals surface area (Å²) in [7, 11) is 0. The highest BCUT2D eigenvalue weighted by atomic mass is 19.4. The summed E-state index contributed by atoms with van der Waals surface area (Å²) in [5.74, 6) is -2.20. The summed E-state index contributed by atoms with van der Waals surface area (Å²) in [6.45, 7) is 0.0748. The fourth-order valence-corrected chi connectivity index (χ4v) is 4.48. The molecule has 2 aliphatic rings. The summed E-state index contributed by atoms with van der Waals surface area (Å²) in [6.07, 6.45) is -1.88. The van der Waals surface area contributed by atoms with Gasteiger partial charge in [0.2, 0.25) is 5.91 Å². The van der Waals surface area contributed by atoms with E-state index in [0.717, 1.165) is 23.8 Å². The lowest BCUT2D eigenvalue weighted by molar-refractivity contribution is -0.137. The Bertz CT molecular complexity index is 1000. The van der Waals surface area contributed by atoms with E-state index in [-0.39, 0.29) is 18.2 Å². The molecular formula is C23H21F3N2O3. The number of amides is 3. The third kappa shape index (κ3) is 4.06. The van der Waals surface area contributed by atoms with Crippen LogP contribution in [0, 0.1) is 11.8 Å². The second-order valence-electron chi connectivity index (χ2n) is 7.95. The average Bonchev–Trinajstić information content (AvgIpc) is 2.99. The number of para-hydroxylation sites is 1. The Morgan fingerprint density at radius 3 is 2.16 bits per heavy atom. The number of rotatable bonds is 4. The van der Waals surface area contributed by atoms with Crippen LogP contribution in [0.2, 0.25) is 0 Å². The molecule has 0 radical (unpaired) electrons.